The lowest BCUT2D eigenvalue weighted by Gasteiger charge is -2.09. The van der Waals surface area contributed by atoms with Crippen molar-refractivity contribution in [2.45, 2.75) is 27.3 Å². The van der Waals surface area contributed by atoms with E-state index in [1.165, 1.54) is 22.2 Å². The van der Waals surface area contributed by atoms with E-state index in [4.69, 9.17) is 11.6 Å². The number of nitrogens with zero attached hydrogens (tertiary/aromatic N) is 2. The number of fused-ring (bicyclic) bond motifs is 1. The lowest BCUT2D eigenvalue weighted by molar-refractivity contribution is 0.765. The van der Waals surface area contributed by atoms with Gasteiger partial charge in [-0.3, -0.25) is 4.98 Å². The number of hydrogen-bond acceptors (Lipinski definition) is 1. The third kappa shape index (κ3) is 2.54. The van der Waals surface area contributed by atoms with E-state index in [1.54, 1.807) is 0 Å². The van der Waals surface area contributed by atoms with Gasteiger partial charge in [0.2, 0.25) is 0 Å². The zero-order chi connectivity index (χ0) is 14.3. The van der Waals surface area contributed by atoms with Crippen LogP contribution in [-0.2, 0) is 6.54 Å². The van der Waals surface area contributed by atoms with Gasteiger partial charge in [0.15, 0.2) is 0 Å². The number of halogens is 2. The Labute approximate surface area is 136 Å². The van der Waals surface area contributed by atoms with Gasteiger partial charge in [0.1, 0.15) is 0 Å². The smallest absolute Gasteiger partial charge is 0.0944 e. The second-order valence-electron chi connectivity index (χ2n) is 5.02. The van der Waals surface area contributed by atoms with Crippen molar-refractivity contribution in [1.29, 1.82) is 0 Å². The number of rotatable bonds is 2. The minimum atomic E-state index is 0. The summed E-state index contributed by atoms with van der Waals surface area (Å²) in [5.41, 5.74) is 5.99. The number of benzene rings is 1. The fourth-order valence-corrected chi connectivity index (χ4v) is 2.94. The monoisotopic (exact) mass is 320 g/mol. The van der Waals surface area contributed by atoms with Gasteiger partial charge in [0.25, 0.3) is 0 Å². The normalized spacial score (nSPS) is 10.7. The van der Waals surface area contributed by atoms with E-state index in [2.05, 4.69) is 36.4 Å². The van der Waals surface area contributed by atoms with Gasteiger partial charge in [0, 0.05) is 34.4 Å². The van der Waals surface area contributed by atoms with Crippen LogP contribution < -0.4 is 0 Å². The molecular weight excluding hydrogens is 303 g/mol. The standard InChI is InChI=1S/C17H17ClN2.ClH/c1-4-20-12(3)11(2)15-9-10-19-16(17(15)20)13-5-7-14(18)8-6-13;/h5-10H,4H2,1-3H3;1H. The fraction of sp³-hybridized carbons (Fsp3) is 0.235. The molecule has 3 rings (SSSR count). The number of hydrogen-bond donors (Lipinski definition) is 0. The maximum atomic E-state index is 5.98. The number of aryl methyl sites for hydroxylation is 2. The van der Waals surface area contributed by atoms with E-state index in [9.17, 15) is 0 Å². The maximum Gasteiger partial charge on any atom is 0.0944 e. The van der Waals surface area contributed by atoms with Gasteiger partial charge in [0.05, 0.1) is 11.2 Å². The van der Waals surface area contributed by atoms with Crippen LogP contribution in [0.25, 0.3) is 22.2 Å². The predicted octanol–water partition coefficient (Wildman–Crippen LogP) is 5.42. The molecule has 0 spiro atoms. The highest BCUT2D eigenvalue weighted by atomic mass is 35.5. The highest BCUT2D eigenvalue weighted by Crippen LogP contribution is 2.32. The Balaban J connectivity index is 0.00000161. The Bertz CT molecular complexity index is 774. The molecule has 2 nitrogen and oxygen atoms in total. The molecule has 3 aromatic rings. The Hall–Kier alpha value is -1.51. The maximum absolute atomic E-state index is 5.98. The summed E-state index contributed by atoms with van der Waals surface area (Å²) in [5, 5.41) is 2.03. The van der Waals surface area contributed by atoms with E-state index in [-0.39, 0.29) is 12.4 Å². The van der Waals surface area contributed by atoms with Crippen LogP contribution in [0.5, 0.6) is 0 Å². The summed E-state index contributed by atoms with van der Waals surface area (Å²) >= 11 is 5.98. The lowest BCUT2D eigenvalue weighted by atomic mass is 10.1. The fourth-order valence-electron chi connectivity index (χ4n) is 2.81. The molecule has 2 aromatic heterocycles. The summed E-state index contributed by atoms with van der Waals surface area (Å²) in [5.74, 6) is 0. The van der Waals surface area contributed by atoms with Gasteiger partial charge in [-0.1, -0.05) is 23.7 Å². The van der Waals surface area contributed by atoms with E-state index in [0.29, 0.717) is 0 Å². The SMILES string of the molecule is CCn1c(C)c(C)c2ccnc(-c3ccc(Cl)cc3)c21.Cl. The third-order valence-corrected chi connectivity index (χ3v) is 4.23. The van der Waals surface area contributed by atoms with Crippen molar-refractivity contribution in [1.82, 2.24) is 9.55 Å². The summed E-state index contributed by atoms with van der Waals surface area (Å²) in [6.07, 6.45) is 1.89. The molecule has 4 heteroatoms. The van der Waals surface area contributed by atoms with Crippen LogP contribution in [0.15, 0.2) is 36.5 Å². The molecule has 110 valence electrons. The second kappa shape index (κ2) is 6.08. The van der Waals surface area contributed by atoms with Gasteiger partial charge in [-0.15, -0.1) is 12.4 Å². The minimum Gasteiger partial charge on any atom is -0.343 e. The highest BCUT2D eigenvalue weighted by Gasteiger charge is 2.15. The molecule has 0 aliphatic carbocycles. The number of pyridine rings is 1. The summed E-state index contributed by atoms with van der Waals surface area (Å²) in [7, 11) is 0. The van der Waals surface area contributed by atoms with E-state index < -0.39 is 0 Å². The molecule has 2 heterocycles. The molecular formula is C17H18Cl2N2. The van der Waals surface area contributed by atoms with Crippen molar-refractivity contribution in [2.24, 2.45) is 0 Å². The van der Waals surface area contributed by atoms with E-state index in [1.807, 2.05) is 30.5 Å². The second-order valence-corrected chi connectivity index (χ2v) is 5.45. The van der Waals surface area contributed by atoms with Gasteiger partial charge < -0.3 is 4.57 Å². The molecule has 0 radical (unpaired) electrons. The molecule has 0 fully saturated rings. The van der Waals surface area contributed by atoms with Crippen molar-refractivity contribution in [3.05, 3.63) is 52.8 Å². The van der Waals surface area contributed by atoms with Crippen molar-refractivity contribution < 1.29 is 0 Å². The van der Waals surface area contributed by atoms with Crippen molar-refractivity contribution in [2.75, 3.05) is 0 Å². The lowest BCUT2D eigenvalue weighted by Crippen LogP contribution is -1.98. The van der Waals surface area contributed by atoms with Crippen molar-refractivity contribution in [3.8, 4) is 11.3 Å². The van der Waals surface area contributed by atoms with Crippen LogP contribution in [0.4, 0.5) is 0 Å². The summed E-state index contributed by atoms with van der Waals surface area (Å²) < 4.78 is 2.33. The molecule has 0 atom stereocenters. The molecule has 0 saturated carbocycles. The molecule has 0 N–H and O–H groups in total. The molecule has 0 aliphatic heterocycles. The van der Waals surface area contributed by atoms with Gasteiger partial charge in [-0.05, 0) is 44.5 Å². The molecule has 0 aliphatic rings. The first-order valence-electron chi connectivity index (χ1n) is 6.83. The Morgan fingerprint density at radius 2 is 1.76 bits per heavy atom. The Morgan fingerprint density at radius 1 is 1.10 bits per heavy atom. The summed E-state index contributed by atoms with van der Waals surface area (Å²) in [4.78, 5) is 4.61. The van der Waals surface area contributed by atoms with Crippen LogP contribution in [0.1, 0.15) is 18.2 Å². The molecule has 0 bridgehead atoms. The quantitative estimate of drug-likeness (QED) is 0.616. The van der Waals surface area contributed by atoms with E-state index >= 15 is 0 Å². The first kappa shape index (κ1) is 15.9. The zero-order valence-corrected chi connectivity index (χ0v) is 13.9. The largest absolute Gasteiger partial charge is 0.343 e. The van der Waals surface area contributed by atoms with Crippen LogP contribution >= 0.6 is 24.0 Å². The molecule has 0 unspecified atom stereocenters. The average molecular weight is 321 g/mol. The van der Waals surface area contributed by atoms with Crippen LogP contribution in [0.3, 0.4) is 0 Å². The third-order valence-electron chi connectivity index (χ3n) is 3.98. The first-order valence-corrected chi connectivity index (χ1v) is 7.21. The average Bonchev–Trinajstić information content (AvgIpc) is 2.72. The van der Waals surface area contributed by atoms with Crippen LogP contribution in [-0.4, -0.2) is 9.55 Å². The summed E-state index contributed by atoms with van der Waals surface area (Å²) in [6.45, 7) is 7.47. The predicted molar refractivity (Wildman–Crippen MR) is 92.6 cm³/mol. The number of aromatic nitrogens is 2. The molecule has 0 amide bonds. The summed E-state index contributed by atoms with van der Waals surface area (Å²) in [6, 6.07) is 9.99. The molecule has 1 aromatic carbocycles. The highest BCUT2D eigenvalue weighted by molar-refractivity contribution is 6.30. The van der Waals surface area contributed by atoms with E-state index in [0.717, 1.165) is 22.8 Å². The Morgan fingerprint density at radius 3 is 2.38 bits per heavy atom. The van der Waals surface area contributed by atoms with Crippen LogP contribution in [0.2, 0.25) is 5.02 Å². The van der Waals surface area contributed by atoms with Gasteiger partial charge in [-0.25, -0.2) is 0 Å². The van der Waals surface area contributed by atoms with Gasteiger partial charge in [-0.2, -0.15) is 0 Å². The van der Waals surface area contributed by atoms with Crippen molar-refractivity contribution >= 4 is 34.9 Å². The van der Waals surface area contributed by atoms with Gasteiger partial charge >= 0.3 is 0 Å². The molecule has 21 heavy (non-hydrogen) atoms. The minimum absolute atomic E-state index is 0. The zero-order valence-electron chi connectivity index (χ0n) is 12.4. The van der Waals surface area contributed by atoms with Crippen molar-refractivity contribution in [3.63, 3.8) is 0 Å². The topological polar surface area (TPSA) is 17.8 Å². The Kier molecular flexibility index (Phi) is 4.60. The van der Waals surface area contributed by atoms with Crippen LogP contribution in [0, 0.1) is 13.8 Å². The first-order chi connectivity index (χ1) is 9.63. The molecule has 0 saturated heterocycles.